The number of aromatic nitrogens is 1. The molecule has 0 unspecified atom stereocenters. The topological polar surface area (TPSA) is 82.1 Å². The molecule has 4 rings (SSSR count). The Hall–Kier alpha value is -2.47. The predicted octanol–water partition coefficient (Wildman–Crippen LogP) is 1.94. The Labute approximate surface area is 143 Å². The molecule has 24 heavy (non-hydrogen) atoms. The quantitative estimate of drug-likeness (QED) is 0.863. The van der Waals surface area contributed by atoms with Gasteiger partial charge in [-0.05, 0) is 18.3 Å². The number of hydrogen-bond acceptors (Lipinski definition) is 5. The number of carboxylic acids is 1. The van der Waals surface area contributed by atoms with E-state index in [0.717, 1.165) is 11.3 Å². The lowest BCUT2D eigenvalue weighted by molar-refractivity contribution is -0.313. The van der Waals surface area contributed by atoms with Crippen molar-refractivity contribution in [1.82, 2.24) is 4.98 Å². The molecule has 2 bridgehead atoms. The van der Waals surface area contributed by atoms with Gasteiger partial charge >= 0.3 is 0 Å². The van der Waals surface area contributed by atoms with Crippen LogP contribution in [0.5, 0.6) is 0 Å². The number of amides is 1. The van der Waals surface area contributed by atoms with Crippen LogP contribution < -0.4 is 10.4 Å². The van der Waals surface area contributed by atoms with Crippen LogP contribution in [0.15, 0.2) is 47.9 Å². The zero-order valence-electron chi connectivity index (χ0n) is 12.7. The van der Waals surface area contributed by atoms with Crippen LogP contribution in [0, 0.1) is 23.7 Å². The number of carboxylic acid groups (broad SMARTS) is 1. The molecule has 5 nitrogen and oxygen atoms in total. The van der Waals surface area contributed by atoms with Gasteiger partial charge in [0.2, 0.25) is 5.91 Å². The van der Waals surface area contributed by atoms with E-state index >= 15 is 0 Å². The largest absolute Gasteiger partial charge is 0.550 e. The van der Waals surface area contributed by atoms with Crippen LogP contribution in [-0.4, -0.2) is 16.9 Å². The lowest BCUT2D eigenvalue weighted by Gasteiger charge is -2.27. The standard InChI is InChI=1S/C18H16N2O3S/c21-16(14-11-6-7-12(8-11)15(14)17(22)23)20-18-19-13(9-24-18)10-4-2-1-3-5-10/h1-7,9,11-12,14-15H,8H2,(H,22,23)(H,19,20,21)/p-1/t11-,12+,14+,15+/m1/s1. The highest BCUT2D eigenvalue weighted by Gasteiger charge is 2.48. The van der Waals surface area contributed by atoms with Crippen molar-refractivity contribution in [3.63, 3.8) is 0 Å². The number of fused-ring (bicyclic) bond motifs is 2. The Bertz CT molecular complexity index is 815. The van der Waals surface area contributed by atoms with Crippen LogP contribution in [0.1, 0.15) is 6.42 Å². The van der Waals surface area contributed by atoms with Crippen LogP contribution in [-0.2, 0) is 9.59 Å². The number of anilines is 1. The van der Waals surface area contributed by atoms with Crippen LogP contribution in [0.2, 0.25) is 0 Å². The summed E-state index contributed by atoms with van der Waals surface area (Å²) in [5, 5.41) is 16.6. The van der Waals surface area contributed by atoms with Crippen molar-refractivity contribution in [3.8, 4) is 11.3 Å². The Balaban J connectivity index is 1.52. The molecule has 0 aliphatic heterocycles. The van der Waals surface area contributed by atoms with Crippen molar-refractivity contribution < 1.29 is 14.7 Å². The summed E-state index contributed by atoms with van der Waals surface area (Å²) < 4.78 is 0. The second kappa shape index (κ2) is 5.87. The lowest BCUT2D eigenvalue weighted by Crippen LogP contribution is -2.42. The summed E-state index contributed by atoms with van der Waals surface area (Å²) in [6, 6.07) is 9.69. The first-order chi connectivity index (χ1) is 11.6. The van der Waals surface area contributed by atoms with Crippen molar-refractivity contribution in [3.05, 3.63) is 47.9 Å². The number of thiazole rings is 1. The summed E-state index contributed by atoms with van der Waals surface area (Å²) in [6.45, 7) is 0. The van der Waals surface area contributed by atoms with Gasteiger partial charge in [0, 0.05) is 22.8 Å². The first-order valence-corrected chi connectivity index (χ1v) is 8.72. The maximum Gasteiger partial charge on any atom is 0.230 e. The summed E-state index contributed by atoms with van der Waals surface area (Å²) in [4.78, 5) is 28.4. The highest BCUT2D eigenvalue weighted by molar-refractivity contribution is 7.14. The van der Waals surface area contributed by atoms with Gasteiger partial charge in [0.25, 0.3) is 0 Å². The van der Waals surface area contributed by atoms with Crippen LogP contribution in [0.4, 0.5) is 5.13 Å². The molecule has 0 spiro atoms. The summed E-state index contributed by atoms with van der Waals surface area (Å²) in [7, 11) is 0. The third kappa shape index (κ3) is 2.53. The molecule has 4 atom stereocenters. The highest BCUT2D eigenvalue weighted by atomic mass is 32.1. The molecule has 2 aromatic rings. The number of nitrogens with zero attached hydrogens (tertiary/aromatic N) is 1. The van der Waals surface area contributed by atoms with Gasteiger partial charge in [-0.1, -0.05) is 42.5 Å². The summed E-state index contributed by atoms with van der Waals surface area (Å²) >= 11 is 1.34. The van der Waals surface area contributed by atoms with Crippen LogP contribution in [0.25, 0.3) is 11.3 Å². The lowest BCUT2D eigenvalue weighted by atomic mass is 9.82. The molecule has 1 N–H and O–H groups in total. The minimum atomic E-state index is -1.14. The number of rotatable bonds is 4. The van der Waals surface area contributed by atoms with Crippen molar-refractivity contribution in [2.45, 2.75) is 6.42 Å². The fourth-order valence-electron chi connectivity index (χ4n) is 3.76. The van der Waals surface area contributed by atoms with E-state index in [1.165, 1.54) is 11.3 Å². The maximum atomic E-state index is 12.6. The Morgan fingerprint density at radius 1 is 1.12 bits per heavy atom. The Kier molecular flexibility index (Phi) is 3.69. The number of hydrogen-bond donors (Lipinski definition) is 1. The van der Waals surface area contributed by atoms with E-state index in [1.54, 1.807) is 0 Å². The number of allylic oxidation sites excluding steroid dienone is 2. The molecule has 2 aliphatic rings. The number of aliphatic carboxylic acids is 1. The predicted molar refractivity (Wildman–Crippen MR) is 88.9 cm³/mol. The third-order valence-electron chi connectivity index (χ3n) is 4.84. The van der Waals surface area contributed by atoms with E-state index in [9.17, 15) is 14.7 Å². The molecular formula is C18H15N2O3S-. The first kappa shape index (κ1) is 15.1. The van der Waals surface area contributed by atoms with E-state index in [0.29, 0.717) is 11.6 Å². The van der Waals surface area contributed by atoms with Crippen molar-refractivity contribution in [2.75, 3.05) is 5.32 Å². The van der Waals surface area contributed by atoms with Gasteiger partial charge in [0.15, 0.2) is 5.13 Å². The summed E-state index contributed by atoms with van der Waals surface area (Å²) in [5.41, 5.74) is 1.77. The molecule has 1 aromatic carbocycles. The van der Waals surface area contributed by atoms with Gasteiger partial charge in [-0.2, -0.15) is 0 Å². The first-order valence-electron chi connectivity index (χ1n) is 7.84. The van der Waals surface area contributed by atoms with Gasteiger partial charge in [0.05, 0.1) is 11.6 Å². The molecule has 0 radical (unpaired) electrons. The molecule has 6 heteroatoms. The normalized spacial score (nSPS) is 27.3. The second-order valence-electron chi connectivity index (χ2n) is 6.21. The van der Waals surface area contributed by atoms with Crippen molar-refractivity contribution >= 4 is 28.3 Å². The molecule has 122 valence electrons. The summed E-state index contributed by atoms with van der Waals surface area (Å²) in [6.07, 6.45) is 4.56. The van der Waals surface area contributed by atoms with Gasteiger partial charge in [-0.15, -0.1) is 11.3 Å². The number of carbonyl (C=O) groups excluding carboxylic acids is 2. The Morgan fingerprint density at radius 2 is 1.83 bits per heavy atom. The van der Waals surface area contributed by atoms with E-state index in [-0.39, 0.29) is 17.7 Å². The average molecular weight is 339 g/mol. The molecule has 1 heterocycles. The van der Waals surface area contributed by atoms with Crippen LogP contribution >= 0.6 is 11.3 Å². The number of carbonyl (C=O) groups is 2. The monoisotopic (exact) mass is 339 g/mol. The van der Waals surface area contributed by atoms with Crippen molar-refractivity contribution in [1.29, 1.82) is 0 Å². The molecule has 1 aromatic heterocycles. The van der Waals surface area contributed by atoms with E-state index in [2.05, 4.69) is 10.3 Å². The summed E-state index contributed by atoms with van der Waals surface area (Å²) in [5.74, 6) is -2.85. The minimum absolute atomic E-state index is 0.0218. The molecule has 1 saturated carbocycles. The second-order valence-corrected chi connectivity index (χ2v) is 7.07. The highest BCUT2D eigenvalue weighted by Crippen LogP contribution is 2.48. The molecule has 1 fully saturated rings. The van der Waals surface area contributed by atoms with Gasteiger partial charge in [-0.3, -0.25) is 4.79 Å². The maximum absolute atomic E-state index is 12.6. The molecule has 0 saturated heterocycles. The van der Waals surface area contributed by atoms with E-state index in [1.807, 2.05) is 47.9 Å². The molecular weight excluding hydrogens is 324 g/mol. The van der Waals surface area contributed by atoms with Gasteiger partial charge in [0.1, 0.15) is 0 Å². The third-order valence-corrected chi connectivity index (χ3v) is 5.60. The minimum Gasteiger partial charge on any atom is -0.550 e. The van der Waals surface area contributed by atoms with E-state index in [4.69, 9.17) is 0 Å². The SMILES string of the molecule is O=C(Nc1nc(-c2ccccc2)cs1)[C@@H]1[C@@H](C(=O)[O-])[C@H]2C=C[C@@H]1C2. The van der Waals surface area contributed by atoms with Gasteiger partial charge in [-0.25, -0.2) is 4.98 Å². The fraction of sp³-hybridized carbons (Fsp3) is 0.278. The fourth-order valence-corrected chi connectivity index (χ4v) is 4.49. The van der Waals surface area contributed by atoms with E-state index < -0.39 is 17.8 Å². The molecule has 2 aliphatic carbocycles. The number of benzene rings is 1. The van der Waals surface area contributed by atoms with Crippen LogP contribution in [0.3, 0.4) is 0 Å². The number of nitrogens with one attached hydrogen (secondary N) is 1. The van der Waals surface area contributed by atoms with Gasteiger partial charge < -0.3 is 15.2 Å². The smallest absolute Gasteiger partial charge is 0.230 e. The molecule has 1 amide bonds. The zero-order chi connectivity index (χ0) is 16.7. The van der Waals surface area contributed by atoms with Crippen molar-refractivity contribution in [2.24, 2.45) is 23.7 Å². The zero-order valence-corrected chi connectivity index (χ0v) is 13.5. The Morgan fingerprint density at radius 3 is 2.54 bits per heavy atom. The average Bonchev–Trinajstić information content (AvgIpc) is 3.30.